The average Bonchev–Trinajstić information content (AvgIpc) is 3.18. The maximum Gasteiger partial charge on any atom is 0.339 e. The number of hydrogen-bond acceptors (Lipinski definition) is 8. The Morgan fingerprint density at radius 2 is 1.83 bits per heavy atom. The summed E-state index contributed by atoms with van der Waals surface area (Å²) in [5, 5.41) is 10.7. The Bertz CT molecular complexity index is 1200. The molecule has 0 spiro atoms. The van der Waals surface area contributed by atoms with Crippen LogP contribution >= 0.6 is 0 Å². The molecule has 1 aromatic heterocycles. The van der Waals surface area contributed by atoms with Crippen LogP contribution in [0.1, 0.15) is 13.3 Å². The van der Waals surface area contributed by atoms with Crippen molar-refractivity contribution in [1.82, 2.24) is 20.2 Å². The van der Waals surface area contributed by atoms with E-state index in [4.69, 9.17) is 4.18 Å². The molecule has 2 aromatic carbocycles. The van der Waals surface area contributed by atoms with E-state index in [9.17, 15) is 21.2 Å². The number of rotatable bonds is 8. The van der Waals surface area contributed by atoms with Crippen molar-refractivity contribution in [3.8, 4) is 11.4 Å². The monoisotopic (exact) mass is 441 g/mol. The molecule has 0 saturated carbocycles. The summed E-state index contributed by atoms with van der Waals surface area (Å²) in [5.74, 6) is -1.23. The zero-order valence-electron chi connectivity index (χ0n) is 15.1. The lowest BCUT2D eigenvalue weighted by Gasteiger charge is -2.11. The lowest BCUT2D eigenvalue weighted by atomic mass is 10.3. The van der Waals surface area contributed by atoms with Gasteiger partial charge in [0.05, 0.1) is 17.1 Å². The van der Waals surface area contributed by atoms with Gasteiger partial charge in [-0.2, -0.15) is 8.42 Å². The van der Waals surface area contributed by atoms with Crippen molar-refractivity contribution in [1.29, 1.82) is 0 Å². The third-order valence-corrected chi connectivity index (χ3v) is 6.34. The number of aromatic nitrogens is 4. The summed E-state index contributed by atoms with van der Waals surface area (Å²) < 4.78 is 71.0. The number of nitrogens with one attached hydrogen (secondary N) is 1. The molecule has 154 valence electrons. The van der Waals surface area contributed by atoms with Gasteiger partial charge in [-0.05, 0) is 59.3 Å². The predicted molar refractivity (Wildman–Crippen MR) is 101 cm³/mol. The molecular weight excluding hydrogens is 425 g/mol. The zero-order valence-corrected chi connectivity index (χ0v) is 16.7. The van der Waals surface area contributed by atoms with E-state index in [1.165, 1.54) is 35.3 Å². The third-order valence-electron chi connectivity index (χ3n) is 3.62. The predicted octanol–water partition coefficient (Wildman–Crippen LogP) is 1.72. The molecule has 0 saturated heterocycles. The van der Waals surface area contributed by atoms with Crippen LogP contribution in [0.3, 0.4) is 0 Å². The smallest absolute Gasteiger partial charge is 0.339 e. The Balaban J connectivity index is 1.78. The minimum absolute atomic E-state index is 0.00467. The topological polar surface area (TPSA) is 133 Å². The number of benzene rings is 2. The highest BCUT2D eigenvalue weighted by Crippen LogP contribution is 2.24. The molecule has 13 heteroatoms. The van der Waals surface area contributed by atoms with E-state index in [2.05, 4.69) is 20.2 Å². The average molecular weight is 441 g/mol. The summed E-state index contributed by atoms with van der Waals surface area (Å²) >= 11 is 0. The summed E-state index contributed by atoms with van der Waals surface area (Å²) in [7, 11) is -8.05. The van der Waals surface area contributed by atoms with Gasteiger partial charge in [0.15, 0.2) is 0 Å². The number of tetrazole rings is 1. The van der Waals surface area contributed by atoms with E-state index in [-0.39, 0.29) is 17.2 Å². The van der Waals surface area contributed by atoms with Crippen LogP contribution in [-0.2, 0) is 20.1 Å². The Hall–Kier alpha value is -3.06. The normalized spacial score (nSPS) is 11.9. The Labute approximate surface area is 166 Å². The highest BCUT2D eigenvalue weighted by molar-refractivity contribution is 7.92. The first-order chi connectivity index (χ1) is 13.7. The van der Waals surface area contributed by atoms with Gasteiger partial charge in [-0.25, -0.2) is 17.5 Å². The highest BCUT2D eigenvalue weighted by atomic mass is 32.2. The van der Waals surface area contributed by atoms with Crippen LogP contribution in [0.2, 0.25) is 0 Å². The SMILES string of the molecule is CCCS(=O)(=O)Nc1ccc(S(=O)(=O)Oc2ccc(-n3cnnn3)cc2)cc1F. The molecule has 0 fully saturated rings. The van der Waals surface area contributed by atoms with Gasteiger partial charge < -0.3 is 4.18 Å². The van der Waals surface area contributed by atoms with Crippen LogP contribution < -0.4 is 8.91 Å². The molecule has 1 heterocycles. The van der Waals surface area contributed by atoms with E-state index in [0.29, 0.717) is 18.2 Å². The molecule has 0 atom stereocenters. The fraction of sp³-hybridized carbons (Fsp3) is 0.188. The molecule has 3 rings (SSSR count). The zero-order chi connectivity index (χ0) is 21.1. The van der Waals surface area contributed by atoms with Gasteiger partial charge in [0.25, 0.3) is 0 Å². The van der Waals surface area contributed by atoms with Crippen molar-refractivity contribution < 1.29 is 25.4 Å². The Morgan fingerprint density at radius 3 is 2.41 bits per heavy atom. The summed E-state index contributed by atoms with van der Waals surface area (Å²) in [6.45, 7) is 1.66. The number of halogens is 1. The fourth-order valence-corrected chi connectivity index (χ4v) is 4.41. The molecule has 10 nitrogen and oxygen atoms in total. The van der Waals surface area contributed by atoms with Gasteiger partial charge in [-0.3, -0.25) is 4.72 Å². The second-order valence-corrected chi connectivity index (χ2v) is 9.24. The van der Waals surface area contributed by atoms with Crippen molar-refractivity contribution in [2.24, 2.45) is 0 Å². The minimum atomic E-state index is -4.34. The largest absolute Gasteiger partial charge is 0.379 e. The maximum atomic E-state index is 14.2. The van der Waals surface area contributed by atoms with E-state index in [0.717, 1.165) is 12.1 Å². The van der Waals surface area contributed by atoms with Crippen LogP contribution in [-0.4, -0.2) is 42.8 Å². The molecule has 0 aliphatic carbocycles. The van der Waals surface area contributed by atoms with Crippen molar-refractivity contribution in [3.05, 3.63) is 54.6 Å². The molecule has 0 bridgehead atoms. The fourth-order valence-electron chi connectivity index (χ4n) is 2.33. The molecule has 0 aliphatic heterocycles. The third kappa shape index (κ3) is 5.06. The first-order valence-electron chi connectivity index (χ1n) is 8.28. The van der Waals surface area contributed by atoms with Crippen LogP contribution in [0, 0.1) is 5.82 Å². The second-order valence-electron chi connectivity index (χ2n) is 5.85. The molecule has 0 amide bonds. The van der Waals surface area contributed by atoms with Gasteiger partial charge in [0, 0.05) is 0 Å². The molecule has 0 radical (unpaired) electrons. The molecule has 0 unspecified atom stereocenters. The van der Waals surface area contributed by atoms with Crippen molar-refractivity contribution >= 4 is 25.8 Å². The Morgan fingerprint density at radius 1 is 1.10 bits per heavy atom. The van der Waals surface area contributed by atoms with E-state index < -0.39 is 30.9 Å². The van der Waals surface area contributed by atoms with E-state index >= 15 is 0 Å². The van der Waals surface area contributed by atoms with Crippen molar-refractivity contribution in [2.45, 2.75) is 18.2 Å². The number of sulfonamides is 1. The lowest BCUT2D eigenvalue weighted by molar-refractivity contribution is 0.485. The summed E-state index contributed by atoms with van der Waals surface area (Å²) in [4.78, 5) is -0.460. The van der Waals surface area contributed by atoms with Crippen LogP contribution in [0.25, 0.3) is 5.69 Å². The Kier molecular flexibility index (Phi) is 5.79. The first kappa shape index (κ1) is 20.7. The van der Waals surface area contributed by atoms with Crippen LogP contribution in [0.5, 0.6) is 5.75 Å². The summed E-state index contributed by atoms with van der Waals surface area (Å²) in [5.41, 5.74) is 0.234. The molecular formula is C16H16FN5O5S2. The van der Waals surface area contributed by atoms with Gasteiger partial charge in [-0.1, -0.05) is 6.92 Å². The van der Waals surface area contributed by atoms with Gasteiger partial charge >= 0.3 is 10.1 Å². The first-order valence-corrected chi connectivity index (χ1v) is 11.3. The van der Waals surface area contributed by atoms with Crippen molar-refractivity contribution in [2.75, 3.05) is 10.5 Å². The number of nitrogens with zero attached hydrogens (tertiary/aromatic N) is 4. The standard InChI is InChI=1S/C16H16FN5O5S2/c1-2-9-28(23,24)19-16-8-7-14(10-15(16)17)29(25,26)27-13-5-3-12(4-6-13)22-11-18-20-21-22/h3-8,10-11,19H,2,9H2,1H3. The van der Waals surface area contributed by atoms with E-state index in [1.54, 1.807) is 6.92 Å². The lowest BCUT2D eigenvalue weighted by Crippen LogP contribution is -2.17. The second kappa shape index (κ2) is 8.13. The van der Waals surface area contributed by atoms with E-state index in [1.807, 2.05) is 0 Å². The van der Waals surface area contributed by atoms with Gasteiger partial charge in [-0.15, -0.1) is 5.10 Å². The quantitative estimate of drug-likeness (QED) is 0.523. The highest BCUT2D eigenvalue weighted by Gasteiger charge is 2.20. The molecule has 1 N–H and O–H groups in total. The van der Waals surface area contributed by atoms with Crippen LogP contribution in [0.15, 0.2) is 53.7 Å². The van der Waals surface area contributed by atoms with Gasteiger partial charge in [0.2, 0.25) is 10.0 Å². The summed E-state index contributed by atoms with van der Waals surface area (Å²) in [6.07, 6.45) is 1.72. The molecule has 0 aliphatic rings. The van der Waals surface area contributed by atoms with Gasteiger partial charge in [0.1, 0.15) is 22.8 Å². The summed E-state index contributed by atoms with van der Waals surface area (Å²) in [6, 6.07) is 8.61. The maximum absolute atomic E-state index is 14.2. The molecule has 29 heavy (non-hydrogen) atoms. The van der Waals surface area contributed by atoms with Crippen molar-refractivity contribution in [3.63, 3.8) is 0 Å². The number of anilines is 1. The number of hydrogen-bond donors (Lipinski definition) is 1. The molecule has 3 aromatic rings. The van der Waals surface area contributed by atoms with Crippen LogP contribution in [0.4, 0.5) is 10.1 Å². The minimum Gasteiger partial charge on any atom is -0.379 e.